The fourth-order valence-corrected chi connectivity index (χ4v) is 1.22. The van der Waals surface area contributed by atoms with Crippen LogP contribution in [-0.4, -0.2) is 27.5 Å². The van der Waals surface area contributed by atoms with Crippen molar-refractivity contribution >= 4 is 21.4 Å². The first kappa shape index (κ1) is 9.50. The van der Waals surface area contributed by atoms with Crippen molar-refractivity contribution in [3.05, 3.63) is 35.9 Å². The summed E-state index contributed by atoms with van der Waals surface area (Å²) in [6.45, 7) is 0. The maximum atomic E-state index is 10.9. The van der Waals surface area contributed by atoms with Gasteiger partial charge < -0.3 is 0 Å². The Morgan fingerprint density at radius 3 is 2.50 bits per heavy atom. The Labute approximate surface area is 80.6 Å². The quantitative estimate of drug-likeness (QED) is 0.719. The molecule has 0 amide bonds. The van der Waals surface area contributed by atoms with Crippen LogP contribution in [-0.2, 0) is 11.2 Å². The summed E-state index contributed by atoms with van der Waals surface area (Å²) in [7, 11) is 0. The minimum absolute atomic E-state index is 0.103. The van der Waals surface area contributed by atoms with Gasteiger partial charge in [-0.1, -0.05) is 0 Å². The number of carbonyl (C=O) groups excluding carboxylic acids is 1. The van der Waals surface area contributed by atoms with Crippen molar-refractivity contribution in [1.29, 1.82) is 0 Å². The molecule has 12 heavy (non-hydrogen) atoms. The van der Waals surface area contributed by atoms with Gasteiger partial charge in [-0.15, -0.1) is 0 Å². The molecule has 0 heterocycles. The molecular weight excluding hydrogens is 213 g/mol. The van der Waals surface area contributed by atoms with E-state index in [1.54, 1.807) is 0 Å². The molecule has 2 atom stereocenters. The second kappa shape index (κ2) is 4.44. The molecule has 1 unspecified atom stereocenters. The average Bonchev–Trinajstić information content (AvgIpc) is 2.06. The van der Waals surface area contributed by atoms with Crippen molar-refractivity contribution in [3.8, 4) is 0 Å². The molecule has 0 spiro atoms. The predicted octanol–water partition coefficient (Wildman–Crippen LogP) is -0.284. The first-order chi connectivity index (χ1) is 5.70. The molecule has 2 nitrogen and oxygen atoms in total. The third-order valence-electron chi connectivity index (χ3n) is 1.66. The van der Waals surface area contributed by atoms with Crippen LogP contribution >= 0.6 is 0 Å². The van der Waals surface area contributed by atoms with E-state index >= 15 is 0 Å². The molecule has 0 saturated carbocycles. The fraction of sp³-hybridized carbons (Fsp3) is 0.222. The molecule has 0 saturated heterocycles. The third-order valence-corrected chi connectivity index (χ3v) is 2.56. The summed E-state index contributed by atoms with van der Waals surface area (Å²) < 4.78 is 0.103. The van der Waals surface area contributed by atoms with E-state index in [9.17, 15) is 4.79 Å². The molecule has 0 bridgehead atoms. The molecule has 1 rings (SSSR count). The molecule has 3 heteroatoms. The maximum absolute atomic E-state index is 10.9. The second-order valence-electron chi connectivity index (χ2n) is 2.70. The summed E-state index contributed by atoms with van der Waals surface area (Å²) >= 11 is 1.08. The van der Waals surface area contributed by atoms with Crippen LogP contribution in [0.15, 0.2) is 30.3 Å². The Kier molecular flexibility index (Phi) is 3.51. The summed E-state index contributed by atoms with van der Waals surface area (Å²) in [5.74, 6) is 0. The summed E-state index contributed by atoms with van der Waals surface area (Å²) in [5, 5.41) is 0. The molecular formula is C9H12AsNO. The Hall–Kier alpha value is -0.592. The molecule has 0 aliphatic carbocycles. The molecule has 64 valence electrons. The molecule has 1 aromatic carbocycles. The Morgan fingerprint density at radius 1 is 1.42 bits per heavy atom. The van der Waals surface area contributed by atoms with Gasteiger partial charge in [0.15, 0.2) is 0 Å². The van der Waals surface area contributed by atoms with E-state index in [4.69, 9.17) is 5.73 Å². The first-order valence-corrected chi connectivity index (χ1v) is 5.00. The van der Waals surface area contributed by atoms with Gasteiger partial charge in [-0.2, -0.15) is 0 Å². The molecule has 1 aromatic rings. The van der Waals surface area contributed by atoms with Crippen molar-refractivity contribution < 1.29 is 4.79 Å². The molecule has 0 aliphatic rings. The summed E-state index contributed by atoms with van der Waals surface area (Å²) in [5.41, 5.74) is 6.74. The molecule has 0 fully saturated rings. The van der Waals surface area contributed by atoms with Crippen LogP contribution in [0.1, 0.15) is 5.56 Å². The van der Waals surface area contributed by atoms with E-state index in [-0.39, 0.29) is 10.6 Å². The van der Waals surface area contributed by atoms with Gasteiger partial charge in [0, 0.05) is 0 Å². The third kappa shape index (κ3) is 2.80. The topological polar surface area (TPSA) is 43.1 Å². The average molecular weight is 225 g/mol. The Morgan fingerprint density at radius 2 is 2.00 bits per heavy atom. The van der Waals surface area contributed by atoms with Crippen LogP contribution in [0.25, 0.3) is 0 Å². The van der Waals surface area contributed by atoms with Crippen molar-refractivity contribution in [2.45, 2.75) is 12.5 Å². The van der Waals surface area contributed by atoms with Crippen LogP contribution < -0.4 is 5.73 Å². The zero-order valence-corrected chi connectivity index (χ0v) is 9.16. The summed E-state index contributed by atoms with van der Waals surface area (Å²) in [6, 6.07) is 9.49. The molecule has 0 aromatic heterocycles. The van der Waals surface area contributed by atoms with Crippen LogP contribution in [0.2, 0.25) is 0 Å². The predicted molar refractivity (Wildman–Crippen MR) is 51.7 cm³/mol. The van der Waals surface area contributed by atoms with Crippen LogP contribution in [0, 0.1) is 0 Å². The van der Waals surface area contributed by atoms with Crippen LogP contribution in [0.3, 0.4) is 0 Å². The number of hydrogen-bond donors (Lipinski definition) is 1. The van der Waals surface area contributed by atoms with E-state index in [2.05, 4.69) is 0 Å². The zero-order valence-electron chi connectivity index (χ0n) is 6.73. The number of rotatable bonds is 3. The standard InChI is InChI=1S/C9H12AsNO/c10-9(12)8(11)6-7-4-2-1-3-5-7/h1-5,8H,6,10-11H2/t8-/m0/s1. The zero-order chi connectivity index (χ0) is 8.97. The van der Waals surface area contributed by atoms with Gasteiger partial charge in [0.25, 0.3) is 0 Å². The number of nitrogens with two attached hydrogens (primary N) is 1. The first-order valence-electron chi connectivity index (χ1n) is 3.79. The number of hydrogen-bond acceptors (Lipinski definition) is 2. The Bertz CT molecular complexity index is 260. The van der Waals surface area contributed by atoms with Gasteiger partial charge in [-0.3, -0.25) is 0 Å². The number of carbonyl (C=O) groups is 1. The fourth-order valence-electron chi connectivity index (χ4n) is 0.969. The molecule has 0 aliphatic heterocycles. The molecule has 0 radical (unpaired) electrons. The van der Waals surface area contributed by atoms with Gasteiger partial charge in [0.2, 0.25) is 0 Å². The van der Waals surface area contributed by atoms with Crippen molar-refractivity contribution in [1.82, 2.24) is 0 Å². The SMILES string of the molecule is N[C@@H](Cc1ccccc1)C(=O)[AsH2]. The van der Waals surface area contributed by atoms with Gasteiger partial charge in [0.05, 0.1) is 0 Å². The van der Waals surface area contributed by atoms with E-state index < -0.39 is 0 Å². The van der Waals surface area contributed by atoms with E-state index in [1.807, 2.05) is 30.3 Å². The number of benzene rings is 1. The second-order valence-corrected chi connectivity index (χ2v) is 3.89. The van der Waals surface area contributed by atoms with Crippen LogP contribution in [0.5, 0.6) is 0 Å². The summed E-state index contributed by atoms with van der Waals surface area (Å²) in [4.78, 5) is 10.9. The van der Waals surface area contributed by atoms with E-state index in [1.165, 1.54) is 0 Å². The van der Waals surface area contributed by atoms with E-state index in [0.717, 1.165) is 22.4 Å². The van der Waals surface area contributed by atoms with Crippen LogP contribution in [0.4, 0.5) is 0 Å². The van der Waals surface area contributed by atoms with Gasteiger partial charge in [-0.05, 0) is 0 Å². The van der Waals surface area contributed by atoms with E-state index in [0.29, 0.717) is 6.42 Å². The molecule has 2 N–H and O–H groups in total. The van der Waals surface area contributed by atoms with Crippen molar-refractivity contribution in [2.75, 3.05) is 0 Å². The van der Waals surface area contributed by atoms with Gasteiger partial charge in [0.1, 0.15) is 0 Å². The summed E-state index contributed by atoms with van der Waals surface area (Å²) in [6.07, 6.45) is 0.651. The monoisotopic (exact) mass is 225 g/mol. The van der Waals surface area contributed by atoms with Crippen molar-refractivity contribution in [2.24, 2.45) is 5.73 Å². The van der Waals surface area contributed by atoms with Crippen molar-refractivity contribution in [3.63, 3.8) is 0 Å². The van der Waals surface area contributed by atoms with Gasteiger partial charge in [-0.25, -0.2) is 0 Å². The Balaban J connectivity index is 2.58. The normalized spacial score (nSPS) is 12.5. The minimum atomic E-state index is -0.326. The van der Waals surface area contributed by atoms with Gasteiger partial charge >= 0.3 is 80.3 Å².